The Kier molecular flexibility index (Phi) is 4.77. The number of rotatable bonds is 3. The zero-order valence-corrected chi connectivity index (χ0v) is 9.77. The lowest BCUT2D eigenvalue weighted by Crippen LogP contribution is -2.31. The smallest absolute Gasteiger partial charge is 0.186 e. The number of nitrogens with one attached hydrogen (secondary N) is 2. The third-order valence-electron chi connectivity index (χ3n) is 1.79. The van der Waals surface area contributed by atoms with Crippen LogP contribution in [0.1, 0.15) is 18.1 Å². The molecule has 0 aromatic heterocycles. The van der Waals surface area contributed by atoms with Gasteiger partial charge in [0.2, 0.25) is 0 Å². The molecule has 0 radical (unpaired) electrons. The number of benzene rings is 1. The number of hydrazone groups is 1. The molecule has 0 aliphatic rings. The van der Waals surface area contributed by atoms with Crippen molar-refractivity contribution in [2.45, 2.75) is 13.8 Å². The second-order valence-corrected chi connectivity index (χ2v) is 3.55. The summed E-state index contributed by atoms with van der Waals surface area (Å²) in [5, 5.41) is 7.50. The number of hydrogen-bond acceptors (Lipinski definition) is 2. The van der Waals surface area contributed by atoms with Crippen LogP contribution in [0.4, 0.5) is 0 Å². The van der Waals surface area contributed by atoms with E-state index in [2.05, 4.69) is 22.8 Å². The number of thiocarbonyl (C=S) groups is 1. The zero-order chi connectivity index (χ0) is 11.1. The monoisotopic (exact) mass is 221 g/mol. The first-order valence-electron chi connectivity index (χ1n) is 4.86. The maximum absolute atomic E-state index is 4.95. The van der Waals surface area contributed by atoms with E-state index in [9.17, 15) is 0 Å². The average Bonchev–Trinajstić information content (AvgIpc) is 2.21. The fourth-order valence-electron chi connectivity index (χ4n) is 1.02. The molecule has 0 spiro atoms. The molecule has 0 saturated carbocycles. The van der Waals surface area contributed by atoms with Gasteiger partial charge >= 0.3 is 0 Å². The van der Waals surface area contributed by atoms with E-state index in [1.165, 1.54) is 5.56 Å². The van der Waals surface area contributed by atoms with E-state index in [-0.39, 0.29) is 0 Å². The highest BCUT2D eigenvalue weighted by molar-refractivity contribution is 7.80. The molecule has 0 fully saturated rings. The molecule has 80 valence electrons. The average molecular weight is 221 g/mol. The Hall–Kier alpha value is -1.42. The molecule has 15 heavy (non-hydrogen) atoms. The normalized spacial score (nSPS) is 10.3. The first-order chi connectivity index (χ1) is 7.22. The first kappa shape index (κ1) is 11.7. The van der Waals surface area contributed by atoms with Crippen LogP contribution >= 0.6 is 12.2 Å². The SMILES string of the molecule is CCNC(=S)N/N=C/c1ccc(C)cc1. The second-order valence-electron chi connectivity index (χ2n) is 3.14. The van der Waals surface area contributed by atoms with Crippen molar-refractivity contribution < 1.29 is 0 Å². The van der Waals surface area contributed by atoms with E-state index in [0.717, 1.165) is 12.1 Å². The van der Waals surface area contributed by atoms with Crippen molar-refractivity contribution in [1.29, 1.82) is 0 Å². The van der Waals surface area contributed by atoms with Gasteiger partial charge < -0.3 is 5.32 Å². The van der Waals surface area contributed by atoms with Crippen molar-refractivity contribution in [2.75, 3.05) is 6.54 Å². The zero-order valence-electron chi connectivity index (χ0n) is 8.95. The Morgan fingerprint density at radius 1 is 1.40 bits per heavy atom. The lowest BCUT2D eigenvalue weighted by molar-refractivity contribution is 0.904. The van der Waals surface area contributed by atoms with Gasteiger partial charge in [-0.25, -0.2) is 0 Å². The highest BCUT2D eigenvalue weighted by Gasteiger charge is 1.89. The van der Waals surface area contributed by atoms with Gasteiger partial charge in [0.1, 0.15) is 0 Å². The molecule has 1 aromatic carbocycles. The quantitative estimate of drug-likeness (QED) is 0.464. The van der Waals surface area contributed by atoms with Crippen molar-refractivity contribution in [3.05, 3.63) is 35.4 Å². The molecule has 0 saturated heterocycles. The summed E-state index contributed by atoms with van der Waals surface area (Å²) in [5.41, 5.74) is 5.02. The Morgan fingerprint density at radius 3 is 2.67 bits per heavy atom. The van der Waals surface area contributed by atoms with E-state index >= 15 is 0 Å². The molecule has 4 heteroatoms. The number of aryl methyl sites for hydroxylation is 1. The maximum Gasteiger partial charge on any atom is 0.186 e. The minimum Gasteiger partial charge on any atom is -0.362 e. The highest BCUT2D eigenvalue weighted by Crippen LogP contribution is 1.99. The van der Waals surface area contributed by atoms with Crippen LogP contribution in [0, 0.1) is 6.92 Å². The fourth-order valence-corrected chi connectivity index (χ4v) is 1.22. The molecule has 0 heterocycles. The second kappa shape index (κ2) is 6.14. The van der Waals surface area contributed by atoms with Crippen molar-refractivity contribution in [3.63, 3.8) is 0 Å². The van der Waals surface area contributed by atoms with Gasteiger partial charge in [-0.15, -0.1) is 0 Å². The number of hydrogen-bond donors (Lipinski definition) is 2. The first-order valence-corrected chi connectivity index (χ1v) is 5.26. The van der Waals surface area contributed by atoms with Crippen LogP contribution in [0.3, 0.4) is 0 Å². The Bertz CT molecular complexity index is 343. The molecular formula is C11H15N3S. The van der Waals surface area contributed by atoms with Crippen molar-refractivity contribution in [2.24, 2.45) is 5.10 Å². The summed E-state index contributed by atoms with van der Waals surface area (Å²) in [5.74, 6) is 0. The van der Waals surface area contributed by atoms with Gasteiger partial charge in [0, 0.05) is 6.54 Å². The van der Waals surface area contributed by atoms with Crippen LogP contribution in [0.5, 0.6) is 0 Å². The van der Waals surface area contributed by atoms with Gasteiger partial charge in [0.25, 0.3) is 0 Å². The van der Waals surface area contributed by atoms with Gasteiger partial charge in [0.05, 0.1) is 6.21 Å². The molecular weight excluding hydrogens is 206 g/mol. The van der Waals surface area contributed by atoms with Gasteiger partial charge in [-0.2, -0.15) is 5.10 Å². The predicted octanol–water partition coefficient (Wildman–Crippen LogP) is 1.81. The molecule has 0 aliphatic carbocycles. The van der Waals surface area contributed by atoms with Crippen LogP contribution in [0.15, 0.2) is 29.4 Å². The molecule has 0 aliphatic heterocycles. The third kappa shape index (κ3) is 4.56. The van der Waals surface area contributed by atoms with Crippen molar-refractivity contribution >= 4 is 23.5 Å². The van der Waals surface area contributed by atoms with Crippen LogP contribution in [0.2, 0.25) is 0 Å². The topological polar surface area (TPSA) is 36.4 Å². The predicted molar refractivity (Wildman–Crippen MR) is 68.2 cm³/mol. The van der Waals surface area contributed by atoms with Crippen LogP contribution in [0.25, 0.3) is 0 Å². The Morgan fingerprint density at radius 2 is 2.07 bits per heavy atom. The Labute approximate surface area is 95.6 Å². The van der Waals surface area contributed by atoms with Gasteiger partial charge in [-0.1, -0.05) is 29.8 Å². The molecule has 1 rings (SSSR count). The van der Waals surface area contributed by atoms with Crippen LogP contribution < -0.4 is 10.7 Å². The van der Waals surface area contributed by atoms with Gasteiger partial charge in [0.15, 0.2) is 5.11 Å². The lowest BCUT2D eigenvalue weighted by Gasteiger charge is -2.02. The summed E-state index contributed by atoms with van der Waals surface area (Å²) in [6.07, 6.45) is 1.74. The molecule has 0 unspecified atom stereocenters. The molecule has 0 bridgehead atoms. The summed E-state index contributed by atoms with van der Waals surface area (Å²) >= 11 is 4.95. The van der Waals surface area contributed by atoms with Crippen LogP contribution in [-0.4, -0.2) is 17.9 Å². The molecule has 2 N–H and O–H groups in total. The lowest BCUT2D eigenvalue weighted by atomic mass is 10.2. The molecule has 0 atom stereocenters. The minimum absolute atomic E-state index is 0.542. The number of nitrogens with zero attached hydrogens (tertiary/aromatic N) is 1. The van der Waals surface area contributed by atoms with Crippen molar-refractivity contribution in [3.8, 4) is 0 Å². The summed E-state index contributed by atoms with van der Waals surface area (Å²) in [7, 11) is 0. The fraction of sp³-hybridized carbons (Fsp3) is 0.273. The molecule has 0 amide bonds. The summed E-state index contributed by atoms with van der Waals surface area (Å²) in [4.78, 5) is 0. The summed E-state index contributed by atoms with van der Waals surface area (Å²) in [6, 6.07) is 8.11. The van der Waals surface area contributed by atoms with Crippen molar-refractivity contribution in [1.82, 2.24) is 10.7 Å². The highest BCUT2D eigenvalue weighted by atomic mass is 32.1. The molecule has 3 nitrogen and oxygen atoms in total. The Balaban J connectivity index is 2.44. The van der Waals surface area contributed by atoms with E-state index in [4.69, 9.17) is 12.2 Å². The standard InChI is InChI=1S/C11H15N3S/c1-3-12-11(15)14-13-8-10-6-4-9(2)5-7-10/h4-8H,3H2,1-2H3,(H2,12,14,15)/b13-8+. The van der Waals surface area contributed by atoms with Crippen LogP contribution in [-0.2, 0) is 0 Å². The van der Waals surface area contributed by atoms with Gasteiger partial charge in [-0.3, -0.25) is 5.43 Å². The maximum atomic E-state index is 4.95. The van der Waals surface area contributed by atoms with E-state index in [0.29, 0.717) is 5.11 Å². The summed E-state index contributed by atoms with van der Waals surface area (Å²) in [6.45, 7) is 4.84. The minimum atomic E-state index is 0.542. The largest absolute Gasteiger partial charge is 0.362 e. The van der Waals surface area contributed by atoms with E-state index in [1.54, 1.807) is 6.21 Å². The summed E-state index contributed by atoms with van der Waals surface area (Å²) < 4.78 is 0. The van der Waals surface area contributed by atoms with Gasteiger partial charge in [-0.05, 0) is 31.6 Å². The van der Waals surface area contributed by atoms with E-state index < -0.39 is 0 Å². The molecule has 1 aromatic rings. The van der Waals surface area contributed by atoms with E-state index in [1.807, 2.05) is 31.2 Å². The third-order valence-corrected chi connectivity index (χ3v) is 2.03.